The summed E-state index contributed by atoms with van der Waals surface area (Å²) in [6.07, 6.45) is 8.20. The molecule has 1 saturated carbocycles. The van der Waals surface area contributed by atoms with Crippen LogP contribution in [0.1, 0.15) is 25.7 Å². The highest BCUT2D eigenvalue weighted by Crippen LogP contribution is 2.33. The zero-order chi connectivity index (χ0) is 14.0. The van der Waals surface area contributed by atoms with Gasteiger partial charge in [-0.25, -0.2) is 8.42 Å². The van der Waals surface area contributed by atoms with Crippen LogP contribution in [0.4, 0.5) is 0 Å². The van der Waals surface area contributed by atoms with Crippen LogP contribution in [0.25, 0.3) is 0 Å². The summed E-state index contributed by atoms with van der Waals surface area (Å²) in [6.45, 7) is 0.163. The number of sulfone groups is 1. The fraction of sp³-hybridized carbons (Fsp3) is 0.769. The lowest BCUT2D eigenvalue weighted by atomic mass is 10.1. The van der Waals surface area contributed by atoms with Crippen LogP contribution >= 0.6 is 0 Å². The van der Waals surface area contributed by atoms with E-state index in [9.17, 15) is 13.2 Å². The molecule has 0 radical (unpaired) electrons. The van der Waals surface area contributed by atoms with E-state index in [1.165, 1.54) is 4.90 Å². The number of terminal acetylenes is 1. The van der Waals surface area contributed by atoms with Crippen molar-refractivity contribution >= 4 is 15.7 Å². The van der Waals surface area contributed by atoms with Gasteiger partial charge in [-0.05, 0) is 25.2 Å². The predicted molar refractivity (Wildman–Crippen MR) is 72.9 cm³/mol. The highest BCUT2D eigenvalue weighted by molar-refractivity contribution is 7.91. The molecule has 2 rings (SSSR count). The molecule has 2 N–H and O–H groups in total. The van der Waals surface area contributed by atoms with Gasteiger partial charge >= 0.3 is 0 Å². The van der Waals surface area contributed by atoms with Crippen molar-refractivity contribution in [2.24, 2.45) is 11.7 Å². The monoisotopic (exact) mass is 284 g/mol. The molecule has 2 unspecified atom stereocenters. The summed E-state index contributed by atoms with van der Waals surface area (Å²) in [5.41, 5.74) is 5.95. The minimum Gasteiger partial charge on any atom is -0.327 e. The predicted octanol–water partition coefficient (Wildman–Crippen LogP) is -0.237. The average molecular weight is 284 g/mol. The fourth-order valence-electron chi connectivity index (χ4n) is 2.55. The smallest absolute Gasteiger partial charge is 0.225 e. The molecule has 1 aliphatic carbocycles. The summed E-state index contributed by atoms with van der Waals surface area (Å²) in [6, 6.07) is -0.397. The maximum atomic E-state index is 12.2. The molecule has 6 heteroatoms. The van der Waals surface area contributed by atoms with Gasteiger partial charge in [-0.2, -0.15) is 0 Å². The van der Waals surface area contributed by atoms with Crippen LogP contribution in [-0.2, 0) is 14.6 Å². The number of rotatable bonds is 5. The van der Waals surface area contributed by atoms with Gasteiger partial charge in [0.05, 0.1) is 18.1 Å². The van der Waals surface area contributed by atoms with E-state index in [-0.39, 0.29) is 42.5 Å². The van der Waals surface area contributed by atoms with E-state index in [4.69, 9.17) is 12.2 Å². The molecule has 2 fully saturated rings. The maximum Gasteiger partial charge on any atom is 0.225 e. The van der Waals surface area contributed by atoms with E-state index in [0.717, 1.165) is 12.8 Å². The zero-order valence-electron chi connectivity index (χ0n) is 10.9. The van der Waals surface area contributed by atoms with Crippen molar-refractivity contribution in [3.8, 4) is 12.3 Å². The second-order valence-corrected chi connectivity index (χ2v) is 7.72. The van der Waals surface area contributed by atoms with Crippen molar-refractivity contribution in [3.63, 3.8) is 0 Å². The summed E-state index contributed by atoms with van der Waals surface area (Å²) in [7, 11) is -3.02. The van der Waals surface area contributed by atoms with Crippen molar-refractivity contribution < 1.29 is 13.2 Å². The van der Waals surface area contributed by atoms with Crippen LogP contribution < -0.4 is 5.73 Å². The summed E-state index contributed by atoms with van der Waals surface area (Å²) in [5, 5.41) is 0. The Morgan fingerprint density at radius 2 is 2.11 bits per heavy atom. The Labute approximate surface area is 114 Å². The Balaban J connectivity index is 1.98. The molecule has 0 aromatic rings. The molecule has 2 atom stereocenters. The van der Waals surface area contributed by atoms with Gasteiger partial charge in [0.2, 0.25) is 5.91 Å². The van der Waals surface area contributed by atoms with E-state index in [0.29, 0.717) is 12.3 Å². The van der Waals surface area contributed by atoms with Gasteiger partial charge in [-0.1, -0.05) is 5.92 Å². The van der Waals surface area contributed by atoms with E-state index in [2.05, 4.69) is 5.92 Å². The second-order valence-electron chi connectivity index (χ2n) is 5.49. The van der Waals surface area contributed by atoms with Crippen molar-refractivity contribution in [3.05, 3.63) is 0 Å². The number of carbonyl (C=O) groups is 1. The van der Waals surface area contributed by atoms with E-state index >= 15 is 0 Å². The van der Waals surface area contributed by atoms with E-state index in [1.54, 1.807) is 0 Å². The molecule has 106 valence electrons. The van der Waals surface area contributed by atoms with Crippen molar-refractivity contribution in [1.82, 2.24) is 4.90 Å². The van der Waals surface area contributed by atoms with Crippen LogP contribution in [0.5, 0.6) is 0 Å². The maximum absolute atomic E-state index is 12.2. The third kappa shape index (κ3) is 3.71. The van der Waals surface area contributed by atoms with Crippen molar-refractivity contribution in [2.75, 3.05) is 18.1 Å². The third-order valence-electron chi connectivity index (χ3n) is 3.87. The summed E-state index contributed by atoms with van der Waals surface area (Å²) >= 11 is 0. The molecule has 5 nitrogen and oxygen atoms in total. The standard InChI is InChI=1S/C13H20N2O3S/c1-2-6-15(11-5-7-19(17,18)9-11)13(16)8-12(14)10-3-4-10/h1,10-12H,3-9,14H2. The highest BCUT2D eigenvalue weighted by Gasteiger charge is 2.36. The lowest BCUT2D eigenvalue weighted by Gasteiger charge is -2.27. The summed E-state index contributed by atoms with van der Waals surface area (Å²) in [4.78, 5) is 13.8. The van der Waals surface area contributed by atoms with E-state index < -0.39 is 9.84 Å². The minimum absolute atomic E-state index is 0.0269. The molecule has 2 aliphatic rings. The molecule has 1 amide bonds. The Bertz CT molecular complexity index is 491. The number of carbonyl (C=O) groups excluding carboxylic acids is 1. The first-order valence-corrected chi connectivity index (χ1v) is 8.44. The Morgan fingerprint density at radius 3 is 2.58 bits per heavy atom. The topological polar surface area (TPSA) is 80.5 Å². The van der Waals surface area contributed by atoms with Crippen molar-refractivity contribution in [2.45, 2.75) is 37.8 Å². The van der Waals surface area contributed by atoms with Gasteiger partial charge in [0, 0.05) is 18.5 Å². The molecular formula is C13H20N2O3S. The first kappa shape index (κ1) is 14.4. The molecule has 1 heterocycles. The Kier molecular flexibility index (Phi) is 4.16. The lowest BCUT2D eigenvalue weighted by molar-refractivity contribution is -0.132. The van der Waals surface area contributed by atoms with Gasteiger partial charge in [0.15, 0.2) is 9.84 Å². The Hall–Kier alpha value is -1.06. The van der Waals surface area contributed by atoms with Crippen molar-refractivity contribution in [1.29, 1.82) is 0 Å². The Morgan fingerprint density at radius 1 is 1.42 bits per heavy atom. The first-order chi connectivity index (χ1) is 8.93. The lowest BCUT2D eigenvalue weighted by Crippen LogP contribution is -2.44. The van der Waals surface area contributed by atoms with Crippen LogP contribution in [0.3, 0.4) is 0 Å². The summed E-state index contributed by atoms with van der Waals surface area (Å²) < 4.78 is 23.0. The normalized spacial score (nSPS) is 26.6. The number of amides is 1. The zero-order valence-corrected chi connectivity index (χ0v) is 11.7. The van der Waals surface area contributed by atoms with Gasteiger partial charge in [0.1, 0.15) is 0 Å². The minimum atomic E-state index is -3.02. The number of nitrogens with two attached hydrogens (primary N) is 1. The van der Waals surface area contributed by atoms with Gasteiger partial charge in [-0.3, -0.25) is 4.79 Å². The van der Waals surface area contributed by atoms with Crippen LogP contribution in [0, 0.1) is 18.3 Å². The molecule has 0 spiro atoms. The second kappa shape index (κ2) is 5.51. The first-order valence-electron chi connectivity index (χ1n) is 6.62. The van der Waals surface area contributed by atoms with E-state index in [1.807, 2.05) is 0 Å². The fourth-order valence-corrected chi connectivity index (χ4v) is 4.28. The largest absolute Gasteiger partial charge is 0.327 e. The quantitative estimate of drug-likeness (QED) is 0.707. The molecule has 1 saturated heterocycles. The van der Waals surface area contributed by atoms with Crippen LogP contribution in [0.15, 0.2) is 0 Å². The molecule has 1 aliphatic heterocycles. The van der Waals surface area contributed by atoms with Crippen LogP contribution in [0.2, 0.25) is 0 Å². The average Bonchev–Trinajstić information content (AvgIpc) is 3.11. The third-order valence-corrected chi connectivity index (χ3v) is 5.62. The number of hydrogen-bond donors (Lipinski definition) is 1. The van der Waals surface area contributed by atoms with Gasteiger partial charge in [-0.15, -0.1) is 6.42 Å². The SMILES string of the molecule is C#CCN(C(=O)CC(N)C1CC1)C1CCS(=O)(=O)C1. The van der Waals surface area contributed by atoms with Crippen LogP contribution in [-0.4, -0.2) is 49.4 Å². The highest BCUT2D eigenvalue weighted by atomic mass is 32.2. The van der Waals surface area contributed by atoms with Gasteiger partial charge in [0.25, 0.3) is 0 Å². The molecule has 0 aromatic carbocycles. The molecule has 0 aromatic heterocycles. The number of nitrogens with zero attached hydrogens (tertiary/aromatic N) is 1. The number of hydrogen-bond acceptors (Lipinski definition) is 4. The molecule has 0 bridgehead atoms. The van der Waals surface area contributed by atoms with Gasteiger partial charge < -0.3 is 10.6 Å². The summed E-state index contributed by atoms with van der Waals surface area (Å²) in [5.74, 6) is 2.94. The molecular weight excluding hydrogens is 264 g/mol. The molecule has 19 heavy (non-hydrogen) atoms.